The molecule has 4 amide bonds. The molecule has 4 N–H and O–H groups in total. The molecular weight excluding hydrogens is 573 g/mol. The van der Waals surface area contributed by atoms with Crippen LogP contribution in [0.3, 0.4) is 0 Å². The molecule has 1 aromatic carbocycles. The van der Waals surface area contributed by atoms with Crippen LogP contribution in [-0.4, -0.2) is 130 Å². The minimum Gasteiger partial charge on any atom is -0.388 e. The van der Waals surface area contributed by atoms with Crippen molar-refractivity contribution in [3.05, 3.63) is 35.6 Å². The summed E-state index contributed by atoms with van der Waals surface area (Å²) in [6, 6.07) is 3.28. The lowest BCUT2D eigenvalue weighted by Crippen LogP contribution is -2.63. The van der Waals surface area contributed by atoms with E-state index in [9.17, 15) is 33.8 Å². The predicted octanol–water partition coefficient (Wildman–Crippen LogP) is -0.373. The SMILES string of the molecule is O=C1C[C@@H]2O[C@H](CNC(=O)[C@@H]3CN(CCN3C(=O)c3ccc(F)cc3)C(=O)[C@@H]3C[C@@H](CN3CC3CCCCC3)N1)[C@@H](O)[C@H]2O. The van der Waals surface area contributed by atoms with E-state index >= 15 is 0 Å². The van der Waals surface area contributed by atoms with Gasteiger partial charge in [0.25, 0.3) is 5.91 Å². The van der Waals surface area contributed by atoms with E-state index in [2.05, 4.69) is 15.5 Å². The normalized spacial score (nSPS) is 34.2. The number of halogens is 1. The molecule has 1 aromatic rings. The van der Waals surface area contributed by atoms with Gasteiger partial charge in [0.15, 0.2) is 0 Å². The number of nitrogens with one attached hydrogen (secondary N) is 2. The van der Waals surface area contributed by atoms with Gasteiger partial charge in [0.2, 0.25) is 17.7 Å². The number of piperazine rings is 1. The van der Waals surface area contributed by atoms with Crippen LogP contribution in [0.25, 0.3) is 0 Å². The van der Waals surface area contributed by atoms with E-state index in [4.69, 9.17) is 4.74 Å². The maximum Gasteiger partial charge on any atom is 0.254 e. The zero-order valence-corrected chi connectivity index (χ0v) is 24.8. The zero-order valence-electron chi connectivity index (χ0n) is 24.8. The van der Waals surface area contributed by atoms with Gasteiger partial charge in [0.05, 0.1) is 25.1 Å². The van der Waals surface area contributed by atoms with Gasteiger partial charge < -0.3 is 35.4 Å². The molecule has 5 aliphatic rings. The van der Waals surface area contributed by atoms with Gasteiger partial charge in [-0.1, -0.05) is 19.3 Å². The van der Waals surface area contributed by atoms with Crippen LogP contribution < -0.4 is 10.6 Å². The van der Waals surface area contributed by atoms with Crippen molar-refractivity contribution in [2.24, 2.45) is 5.92 Å². The fraction of sp³-hybridized carbons (Fsp3) is 0.677. The number of likely N-dealkylation sites (tertiary alicyclic amines) is 1. The van der Waals surface area contributed by atoms with E-state index in [1.807, 2.05) is 0 Å². The lowest BCUT2D eigenvalue weighted by atomic mass is 9.89. The maximum absolute atomic E-state index is 14.1. The van der Waals surface area contributed by atoms with Crippen LogP contribution in [0.4, 0.5) is 4.39 Å². The van der Waals surface area contributed by atoms with Crippen molar-refractivity contribution in [1.82, 2.24) is 25.3 Å². The van der Waals surface area contributed by atoms with Crippen molar-refractivity contribution in [1.29, 1.82) is 0 Å². The van der Waals surface area contributed by atoms with E-state index < -0.39 is 54.1 Å². The first-order chi connectivity index (χ1) is 21.2. The molecule has 0 radical (unpaired) electrons. The number of carbonyl (C=O) groups is 4. The summed E-state index contributed by atoms with van der Waals surface area (Å²) in [7, 11) is 0. The number of benzene rings is 1. The van der Waals surface area contributed by atoms with Gasteiger partial charge >= 0.3 is 0 Å². The number of aliphatic hydroxyl groups is 2. The number of amides is 4. The first-order valence-electron chi connectivity index (χ1n) is 15.9. The van der Waals surface area contributed by atoms with Crippen LogP contribution in [0.1, 0.15) is 55.3 Å². The first kappa shape index (κ1) is 30.9. The van der Waals surface area contributed by atoms with Crippen molar-refractivity contribution < 1.29 is 38.5 Å². The van der Waals surface area contributed by atoms with E-state index in [1.54, 1.807) is 4.90 Å². The van der Waals surface area contributed by atoms with E-state index in [1.165, 1.54) is 35.6 Å². The fourth-order valence-electron chi connectivity index (χ4n) is 7.54. The van der Waals surface area contributed by atoms with Gasteiger partial charge in [-0.05, 0) is 49.4 Å². The maximum atomic E-state index is 14.1. The second kappa shape index (κ2) is 13.1. The van der Waals surface area contributed by atoms with Crippen LogP contribution in [-0.2, 0) is 19.1 Å². The highest BCUT2D eigenvalue weighted by Gasteiger charge is 2.47. The molecule has 7 atom stereocenters. The summed E-state index contributed by atoms with van der Waals surface area (Å²) < 4.78 is 19.4. The van der Waals surface area contributed by atoms with Gasteiger partial charge in [-0.2, -0.15) is 0 Å². The second-order valence-electron chi connectivity index (χ2n) is 12.9. The summed E-state index contributed by atoms with van der Waals surface area (Å²) in [6.45, 7) is 1.36. The minimum atomic E-state index is -1.33. The quantitative estimate of drug-likeness (QED) is 0.360. The van der Waals surface area contributed by atoms with Crippen molar-refractivity contribution in [2.75, 3.05) is 39.3 Å². The number of ether oxygens (including phenoxy) is 1. The van der Waals surface area contributed by atoms with Crippen molar-refractivity contribution in [3.63, 3.8) is 0 Å². The Morgan fingerprint density at radius 2 is 1.68 bits per heavy atom. The van der Waals surface area contributed by atoms with Crippen LogP contribution in [0, 0.1) is 11.7 Å². The Balaban J connectivity index is 1.28. The van der Waals surface area contributed by atoms with Crippen LogP contribution >= 0.6 is 0 Å². The molecule has 1 aliphatic carbocycles. The smallest absolute Gasteiger partial charge is 0.254 e. The summed E-state index contributed by atoms with van der Waals surface area (Å²) >= 11 is 0. The number of aliphatic hydroxyl groups excluding tert-OH is 2. The Morgan fingerprint density at radius 1 is 0.955 bits per heavy atom. The van der Waals surface area contributed by atoms with E-state index in [0.717, 1.165) is 32.2 Å². The third-order valence-electron chi connectivity index (χ3n) is 9.94. The molecule has 0 unspecified atom stereocenters. The summed E-state index contributed by atoms with van der Waals surface area (Å²) in [5.74, 6) is -1.49. The Morgan fingerprint density at radius 3 is 2.43 bits per heavy atom. The molecule has 12 nitrogen and oxygen atoms in total. The molecule has 6 rings (SSSR count). The summed E-state index contributed by atoms with van der Waals surface area (Å²) in [4.78, 5) is 59.5. The molecule has 4 heterocycles. The lowest BCUT2D eigenvalue weighted by Gasteiger charge is -2.42. The number of carbonyl (C=O) groups excluding carboxylic acids is 4. The van der Waals surface area contributed by atoms with Crippen molar-refractivity contribution in [2.45, 2.75) is 87.5 Å². The Kier molecular flexibility index (Phi) is 9.18. The predicted molar refractivity (Wildman–Crippen MR) is 155 cm³/mol. The third kappa shape index (κ3) is 6.46. The van der Waals surface area contributed by atoms with Gasteiger partial charge in [0, 0.05) is 44.3 Å². The topological polar surface area (TPSA) is 152 Å². The van der Waals surface area contributed by atoms with Crippen LogP contribution in [0.15, 0.2) is 24.3 Å². The standard InChI is InChI=1S/C31H42FN5O7/c32-20-8-6-19(7-9-20)30(42)37-11-10-35-17-23(37)29(41)33-14-25-28(40)27(39)24(44-25)13-26(38)34-21-12-22(31(35)43)36(16-21)15-18-4-2-1-3-5-18/h6-9,18,21-25,27-28,39-40H,1-5,10-17H2,(H,33,41)(H,34,38)/t21-,22-,23-,24-,25+,27-,28+/m0/s1. The summed E-state index contributed by atoms with van der Waals surface area (Å²) in [5, 5.41) is 27.0. The molecule has 0 spiro atoms. The molecule has 13 heteroatoms. The molecule has 44 heavy (non-hydrogen) atoms. The minimum absolute atomic E-state index is 0.0400. The van der Waals surface area contributed by atoms with Gasteiger partial charge in [0.1, 0.15) is 30.2 Å². The molecule has 1 saturated carbocycles. The van der Waals surface area contributed by atoms with E-state index in [0.29, 0.717) is 18.9 Å². The van der Waals surface area contributed by atoms with E-state index in [-0.39, 0.29) is 56.0 Å². The largest absolute Gasteiger partial charge is 0.388 e. The third-order valence-corrected chi connectivity index (χ3v) is 9.94. The Labute approximate surface area is 255 Å². The Hall–Kier alpha value is -3.13. The number of rotatable bonds is 3. The summed E-state index contributed by atoms with van der Waals surface area (Å²) in [5.41, 5.74) is 0.222. The molecule has 0 aromatic heterocycles. The number of nitrogens with zero attached hydrogens (tertiary/aromatic N) is 3. The van der Waals surface area contributed by atoms with Crippen molar-refractivity contribution in [3.8, 4) is 0 Å². The zero-order chi connectivity index (χ0) is 31.0. The highest BCUT2D eigenvalue weighted by molar-refractivity contribution is 5.98. The molecular formula is C31H42FN5O7. The highest BCUT2D eigenvalue weighted by Crippen LogP contribution is 2.30. The highest BCUT2D eigenvalue weighted by atomic mass is 19.1. The molecule has 6 bridgehead atoms. The van der Waals surface area contributed by atoms with Gasteiger partial charge in [-0.25, -0.2) is 4.39 Å². The van der Waals surface area contributed by atoms with Crippen LogP contribution in [0.5, 0.6) is 0 Å². The van der Waals surface area contributed by atoms with Gasteiger partial charge in [-0.15, -0.1) is 0 Å². The fourth-order valence-corrected chi connectivity index (χ4v) is 7.54. The van der Waals surface area contributed by atoms with Crippen LogP contribution in [0.2, 0.25) is 0 Å². The molecule has 240 valence electrons. The average molecular weight is 616 g/mol. The number of hydrogen-bond donors (Lipinski definition) is 4. The number of fused-ring (bicyclic) bond motifs is 6. The Bertz CT molecular complexity index is 1240. The first-order valence-corrected chi connectivity index (χ1v) is 15.9. The molecule has 4 aliphatic heterocycles. The average Bonchev–Trinajstić information content (AvgIpc) is 3.54. The van der Waals surface area contributed by atoms with Gasteiger partial charge in [-0.3, -0.25) is 24.1 Å². The number of hydrogen-bond acceptors (Lipinski definition) is 8. The molecule has 5 fully saturated rings. The monoisotopic (exact) mass is 615 g/mol. The van der Waals surface area contributed by atoms with Crippen molar-refractivity contribution >= 4 is 23.6 Å². The lowest BCUT2D eigenvalue weighted by molar-refractivity contribution is -0.141. The second-order valence-corrected chi connectivity index (χ2v) is 12.9. The molecule has 4 saturated heterocycles. The summed E-state index contributed by atoms with van der Waals surface area (Å²) in [6.07, 6.45) is 1.39.